The Morgan fingerprint density at radius 3 is 2.80 bits per heavy atom. The molecule has 0 fully saturated rings. The van der Waals surface area contributed by atoms with Crippen LogP contribution in [0.25, 0.3) is 0 Å². The molecule has 0 aliphatic rings. The maximum absolute atomic E-state index is 11.2. The van der Waals surface area contributed by atoms with E-state index in [4.69, 9.17) is 4.74 Å². The fourth-order valence-corrected chi connectivity index (χ4v) is 1.48. The van der Waals surface area contributed by atoms with Crippen molar-refractivity contribution in [3.05, 3.63) is 5.01 Å². The minimum absolute atomic E-state index is 0.330. The lowest BCUT2D eigenvalue weighted by Crippen LogP contribution is -2.16. The topological polar surface area (TPSA) is 64.1 Å². The van der Waals surface area contributed by atoms with Crippen LogP contribution in [0.3, 0.4) is 0 Å². The van der Waals surface area contributed by atoms with Gasteiger partial charge in [0.25, 0.3) is 0 Å². The number of aryl methyl sites for hydroxylation is 1. The number of hydrogen-bond donors (Lipinski definition) is 1. The van der Waals surface area contributed by atoms with Crippen molar-refractivity contribution in [1.29, 1.82) is 0 Å². The molecule has 1 aromatic heterocycles. The second kappa shape index (κ2) is 5.65. The zero-order chi connectivity index (χ0) is 11.3. The highest BCUT2D eigenvalue weighted by molar-refractivity contribution is 7.15. The van der Waals surface area contributed by atoms with E-state index < -0.39 is 6.09 Å². The number of hydrogen-bond acceptors (Lipinski definition) is 5. The van der Waals surface area contributed by atoms with Crippen LogP contribution in [0.4, 0.5) is 9.93 Å². The molecule has 6 heteroatoms. The Kier molecular flexibility index (Phi) is 4.48. The highest BCUT2D eigenvalue weighted by Gasteiger charge is 2.08. The summed E-state index contributed by atoms with van der Waals surface area (Å²) < 4.78 is 4.94. The minimum Gasteiger partial charge on any atom is -0.449 e. The molecule has 1 amide bonds. The molecule has 15 heavy (non-hydrogen) atoms. The van der Waals surface area contributed by atoms with E-state index in [9.17, 15) is 4.79 Å². The Morgan fingerprint density at radius 2 is 2.27 bits per heavy atom. The lowest BCUT2D eigenvalue weighted by molar-refractivity contribution is 0.147. The summed E-state index contributed by atoms with van der Waals surface area (Å²) in [4.78, 5) is 11.2. The van der Waals surface area contributed by atoms with Crippen molar-refractivity contribution < 1.29 is 9.53 Å². The van der Waals surface area contributed by atoms with Crippen molar-refractivity contribution in [3.8, 4) is 0 Å². The number of carbonyl (C=O) groups is 1. The number of nitrogens with one attached hydrogen (secondary N) is 1. The predicted molar refractivity (Wildman–Crippen MR) is 59.1 cm³/mol. The summed E-state index contributed by atoms with van der Waals surface area (Å²) in [5, 5.41) is 11.6. The quantitative estimate of drug-likeness (QED) is 0.860. The fourth-order valence-electron chi connectivity index (χ4n) is 0.813. The molecule has 1 heterocycles. The third kappa shape index (κ3) is 4.24. The van der Waals surface area contributed by atoms with Gasteiger partial charge in [-0.3, -0.25) is 5.32 Å². The molecule has 84 valence electrons. The molecule has 0 spiro atoms. The molecule has 0 bridgehead atoms. The Morgan fingerprint density at radius 1 is 1.53 bits per heavy atom. The van der Waals surface area contributed by atoms with Crippen molar-refractivity contribution in [1.82, 2.24) is 10.2 Å². The number of aromatic nitrogens is 2. The Balaban J connectivity index is 2.37. The van der Waals surface area contributed by atoms with Gasteiger partial charge in [-0.1, -0.05) is 32.1 Å². The molecular formula is C9H15N3O2S. The first-order valence-electron chi connectivity index (χ1n) is 4.88. The predicted octanol–water partition coefficient (Wildman–Crippen LogP) is 2.31. The van der Waals surface area contributed by atoms with Crippen LogP contribution in [0.5, 0.6) is 0 Å². The van der Waals surface area contributed by atoms with Crippen LogP contribution in [-0.4, -0.2) is 22.9 Å². The molecule has 0 aliphatic heterocycles. The molecule has 0 saturated heterocycles. The van der Waals surface area contributed by atoms with Crippen LogP contribution >= 0.6 is 11.3 Å². The van der Waals surface area contributed by atoms with Gasteiger partial charge in [0.15, 0.2) is 0 Å². The first-order chi connectivity index (χ1) is 7.11. The molecule has 1 N–H and O–H groups in total. The number of rotatable bonds is 4. The summed E-state index contributed by atoms with van der Waals surface area (Å²) in [6.07, 6.45) is 0.350. The van der Waals surface area contributed by atoms with Gasteiger partial charge in [0, 0.05) is 0 Å². The average Bonchev–Trinajstić information content (AvgIpc) is 2.62. The zero-order valence-electron chi connectivity index (χ0n) is 9.11. The van der Waals surface area contributed by atoms with Gasteiger partial charge in [-0.2, -0.15) is 0 Å². The van der Waals surface area contributed by atoms with Gasteiger partial charge in [0.2, 0.25) is 5.13 Å². The molecule has 0 aliphatic carbocycles. The van der Waals surface area contributed by atoms with Crippen molar-refractivity contribution in [2.75, 3.05) is 11.9 Å². The average molecular weight is 229 g/mol. The lowest BCUT2D eigenvalue weighted by atomic mass is 10.2. The standard InChI is InChI=1S/C9H15N3O2S/c1-4-7-11-12-8(15-7)10-9(13)14-5-6(2)3/h6H,4-5H2,1-3H3,(H,10,12,13). The summed E-state index contributed by atoms with van der Waals surface area (Å²) in [7, 11) is 0. The molecule has 1 aromatic rings. The normalized spacial score (nSPS) is 10.4. The van der Waals surface area contributed by atoms with Gasteiger partial charge in [-0.25, -0.2) is 4.79 Å². The highest BCUT2D eigenvalue weighted by Crippen LogP contribution is 2.15. The third-order valence-electron chi connectivity index (χ3n) is 1.53. The van der Waals surface area contributed by atoms with E-state index in [0.717, 1.165) is 11.4 Å². The molecule has 5 nitrogen and oxygen atoms in total. The van der Waals surface area contributed by atoms with E-state index in [1.165, 1.54) is 11.3 Å². The molecule has 0 atom stereocenters. The van der Waals surface area contributed by atoms with Crippen LogP contribution in [0.1, 0.15) is 25.8 Å². The number of amides is 1. The first kappa shape index (κ1) is 11.9. The highest BCUT2D eigenvalue weighted by atomic mass is 32.1. The third-order valence-corrected chi connectivity index (χ3v) is 2.51. The second-order valence-corrected chi connectivity index (χ2v) is 4.53. The van der Waals surface area contributed by atoms with Gasteiger partial charge < -0.3 is 4.74 Å². The largest absolute Gasteiger partial charge is 0.449 e. The fraction of sp³-hybridized carbons (Fsp3) is 0.667. The Labute approximate surface area is 92.9 Å². The van der Waals surface area contributed by atoms with E-state index in [0.29, 0.717) is 17.7 Å². The van der Waals surface area contributed by atoms with Gasteiger partial charge in [-0.05, 0) is 12.3 Å². The number of ether oxygens (including phenoxy) is 1. The summed E-state index contributed by atoms with van der Waals surface area (Å²) in [5.41, 5.74) is 0. The second-order valence-electron chi connectivity index (χ2n) is 3.47. The number of anilines is 1. The minimum atomic E-state index is -0.470. The Bertz CT molecular complexity index is 325. The van der Waals surface area contributed by atoms with Crippen LogP contribution in [0.2, 0.25) is 0 Å². The van der Waals surface area contributed by atoms with Gasteiger partial charge in [-0.15, -0.1) is 10.2 Å². The molecule has 0 radical (unpaired) electrons. The number of carbonyl (C=O) groups excluding carboxylic acids is 1. The molecule has 0 aromatic carbocycles. The molecule has 0 saturated carbocycles. The van der Waals surface area contributed by atoms with E-state index in [-0.39, 0.29) is 0 Å². The number of nitrogens with zero attached hydrogens (tertiary/aromatic N) is 2. The zero-order valence-corrected chi connectivity index (χ0v) is 9.93. The van der Waals surface area contributed by atoms with Crippen molar-refractivity contribution in [2.24, 2.45) is 5.92 Å². The van der Waals surface area contributed by atoms with E-state index >= 15 is 0 Å². The van der Waals surface area contributed by atoms with Crippen molar-refractivity contribution in [3.63, 3.8) is 0 Å². The van der Waals surface area contributed by atoms with E-state index in [2.05, 4.69) is 15.5 Å². The monoisotopic (exact) mass is 229 g/mol. The lowest BCUT2D eigenvalue weighted by Gasteiger charge is -2.06. The summed E-state index contributed by atoms with van der Waals surface area (Å²) in [6, 6.07) is 0. The van der Waals surface area contributed by atoms with Crippen LogP contribution < -0.4 is 5.32 Å². The first-order valence-corrected chi connectivity index (χ1v) is 5.69. The molecular weight excluding hydrogens is 214 g/mol. The maximum Gasteiger partial charge on any atom is 0.413 e. The van der Waals surface area contributed by atoms with Crippen LogP contribution in [-0.2, 0) is 11.2 Å². The van der Waals surface area contributed by atoms with Gasteiger partial charge in [0.05, 0.1) is 6.61 Å². The summed E-state index contributed by atoms with van der Waals surface area (Å²) in [5.74, 6) is 0.330. The Hall–Kier alpha value is -1.17. The maximum atomic E-state index is 11.2. The SMILES string of the molecule is CCc1nnc(NC(=O)OCC(C)C)s1. The summed E-state index contributed by atoms with van der Waals surface area (Å²) in [6.45, 7) is 6.35. The van der Waals surface area contributed by atoms with E-state index in [1.807, 2.05) is 20.8 Å². The van der Waals surface area contributed by atoms with Crippen LogP contribution in [0, 0.1) is 5.92 Å². The molecule has 0 unspecified atom stereocenters. The van der Waals surface area contributed by atoms with Crippen LogP contribution in [0.15, 0.2) is 0 Å². The summed E-state index contributed by atoms with van der Waals surface area (Å²) >= 11 is 1.36. The smallest absolute Gasteiger partial charge is 0.413 e. The van der Waals surface area contributed by atoms with Gasteiger partial charge in [0.1, 0.15) is 5.01 Å². The van der Waals surface area contributed by atoms with E-state index in [1.54, 1.807) is 0 Å². The van der Waals surface area contributed by atoms with Gasteiger partial charge >= 0.3 is 6.09 Å². The van der Waals surface area contributed by atoms with Crippen molar-refractivity contribution >= 4 is 22.6 Å². The van der Waals surface area contributed by atoms with Crippen molar-refractivity contribution in [2.45, 2.75) is 27.2 Å². The molecule has 1 rings (SSSR count).